The van der Waals surface area contributed by atoms with Gasteiger partial charge in [-0.15, -0.1) is 0 Å². The summed E-state index contributed by atoms with van der Waals surface area (Å²) in [4.78, 5) is 22.8. The van der Waals surface area contributed by atoms with Gasteiger partial charge in [0.15, 0.2) is 6.10 Å². The van der Waals surface area contributed by atoms with Gasteiger partial charge in [-0.1, -0.05) is 25.5 Å². The highest BCUT2D eigenvalue weighted by Crippen LogP contribution is 2.19. The van der Waals surface area contributed by atoms with E-state index in [1.54, 1.807) is 49.6 Å². The largest absolute Gasteiger partial charge is 0.497 e. The molecular weight excluding hydrogens is 350 g/mol. The Labute approximate surface area is 157 Å². The highest BCUT2D eigenvalue weighted by molar-refractivity contribution is 5.87. The third kappa shape index (κ3) is 5.81. The van der Waals surface area contributed by atoms with E-state index in [9.17, 15) is 14.9 Å². The van der Waals surface area contributed by atoms with Crippen molar-refractivity contribution >= 4 is 17.8 Å². The van der Waals surface area contributed by atoms with Crippen LogP contribution >= 0.6 is 0 Å². The molecule has 142 valence electrons. The molecule has 8 nitrogen and oxygen atoms in total. The van der Waals surface area contributed by atoms with Gasteiger partial charge in [0.25, 0.3) is 11.6 Å². The number of amides is 1. The Morgan fingerprint density at radius 3 is 2.52 bits per heavy atom. The van der Waals surface area contributed by atoms with Gasteiger partial charge in [0, 0.05) is 6.07 Å². The first kappa shape index (κ1) is 19.9. The summed E-state index contributed by atoms with van der Waals surface area (Å²) in [6.07, 6.45) is 1.75. The van der Waals surface area contributed by atoms with Crippen molar-refractivity contribution in [2.45, 2.75) is 25.9 Å². The molecule has 2 aromatic carbocycles. The highest BCUT2D eigenvalue weighted by Gasteiger charge is 2.19. The molecule has 1 unspecified atom stereocenters. The van der Waals surface area contributed by atoms with E-state index < -0.39 is 16.9 Å². The predicted octanol–water partition coefficient (Wildman–Crippen LogP) is 3.30. The summed E-state index contributed by atoms with van der Waals surface area (Å²) >= 11 is 0. The summed E-state index contributed by atoms with van der Waals surface area (Å²) in [6.45, 7) is 1.94. The second kappa shape index (κ2) is 9.91. The van der Waals surface area contributed by atoms with E-state index >= 15 is 0 Å². The Morgan fingerprint density at radius 2 is 1.89 bits per heavy atom. The third-order valence-electron chi connectivity index (χ3n) is 3.69. The third-order valence-corrected chi connectivity index (χ3v) is 3.69. The van der Waals surface area contributed by atoms with E-state index in [2.05, 4.69) is 10.5 Å². The van der Waals surface area contributed by atoms with Crippen LogP contribution in [0.1, 0.15) is 25.3 Å². The quantitative estimate of drug-likeness (QED) is 0.414. The van der Waals surface area contributed by atoms with Crippen LogP contribution in [0.5, 0.6) is 11.5 Å². The highest BCUT2D eigenvalue weighted by atomic mass is 16.6. The molecule has 0 saturated carbocycles. The number of methoxy groups -OCH3 is 1. The number of carbonyl (C=O) groups excluding carboxylic acids is 1. The molecule has 1 amide bonds. The zero-order valence-corrected chi connectivity index (χ0v) is 15.1. The molecule has 0 bridgehead atoms. The van der Waals surface area contributed by atoms with Crippen LogP contribution in [0.4, 0.5) is 5.69 Å². The molecule has 8 heteroatoms. The minimum absolute atomic E-state index is 0.0879. The second-order valence-corrected chi connectivity index (χ2v) is 5.62. The summed E-state index contributed by atoms with van der Waals surface area (Å²) in [6, 6.07) is 13.0. The lowest BCUT2D eigenvalue weighted by molar-refractivity contribution is -0.385. The van der Waals surface area contributed by atoms with E-state index in [0.29, 0.717) is 23.5 Å². The molecule has 0 aliphatic carbocycles. The number of rotatable bonds is 9. The van der Waals surface area contributed by atoms with Crippen LogP contribution in [0.15, 0.2) is 53.6 Å². The average molecular weight is 371 g/mol. The van der Waals surface area contributed by atoms with Crippen LogP contribution < -0.4 is 14.9 Å². The van der Waals surface area contributed by atoms with E-state index in [0.717, 1.165) is 6.42 Å². The number of nitro groups is 1. The lowest BCUT2D eigenvalue weighted by Gasteiger charge is -2.17. The first-order chi connectivity index (χ1) is 13.0. The van der Waals surface area contributed by atoms with Crippen LogP contribution in [0.3, 0.4) is 0 Å². The fourth-order valence-electron chi connectivity index (χ4n) is 2.32. The minimum atomic E-state index is -0.730. The number of ether oxygens (including phenoxy) is 2. The molecule has 1 N–H and O–H groups in total. The van der Waals surface area contributed by atoms with Gasteiger partial charge in [0.1, 0.15) is 11.5 Å². The van der Waals surface area contributed by atoms with Gasteiger partial charge in [-0.05, 0) is 36.8 Å². The van der Waals surface area contributed by atoms with E-state index in [1.807, 2.05) is 6.92 Å². The van der Waals surface area contributed by atoms with Crippen LogP contribution in [0.25, 0.3) is 0 Å². The number of carbonyl (C=O) groups is 1. The summed E-state index contributed by atoms with van der Waals surface area (Å²) in [5, 5.41) is 14.8. The van der Waals surface area contributed by atoms with Crippen molar-refractivity contribution in [3.05, 3.63) is 64.2 Å². The number of nitrogens with zero attached hydrogens (tertiary/aromatic N) is 2. The lowest BCUT2D eigenvalue weighted by atomic mass is 10.2. The zero-order chi connectivity index (χ0) is 19.6. The Morgan fingerprint density at radius 1 is 1.22 bits per heavy atom. The molecule has 0 aliphatic rings. The Hall–Kier alpha value is -3.42. The molecular formula is C19H21N3O5. The van der Waals surface area contributed by atoms with Crippen molar-refractivity contribution in [1.82, 2.24) is 5.43 Å². The first-order valence-electron chi connectivity index (χ1n) is 8.42. The predicted molar refractivity (Wildman–Crippen MR) is 101 cm³/mol. The standard InChI is InChI=1S/C19H21N3O5/c1-3-6-18(27-16-11-9-15(26-2)10-12-16)19(23)21-20-13-14-7-4-5-8-17(14)22(24)25/h4-5,7-13,18H,3,6H2,1-2H3,(H,21,23). The van der Waals surface area contributed by atoms with E-state index in [-0.39, 0.29) is 5.69 Å². The Balaban J connectivity index is 2.03. The molecule has 0 spiro atoms. The van der Waals surface area contributed by atoms with Gasteiger partial charge in [0.2, 0.25) is 0 Å². The number of benzene rings is 2. The lowest BCUT2D eigenvalue weighted by Crippen LogP contribution is -2.35. The van der Waals surface area contributed by atoms with Gasteiger partial charge >= 0.3 is 0 Å². The molecule has 0 aliphatic heterocycles. The number of hydrogen-bond acceptors (Lipinski definition) is 6. The molecule has 0 saturated heterocycles. The van der Waals surface area contributed by atoms with Gasteiger partial charge in [0.05, 0.1) is 23.8 Å². The smallest absolute Gasteiger partial charge is 0.281 e. The van der Waals surface area contributed by atoms with Crippen LogP contribution in [0.2, 0.25) is 0 Å². The number of nitrogens with one attached hydrogen (secondary N) is 1. The van der Waals surface area contributed by atoms with Crippen molar-refractivity contribution in [3.63, 3.8) is 0 Å². The van der Waals surface area contributed by atoms with E-state index in [1.165, 1.54) is 12.3 Å². The molecule has 0 heterocycles. The minimum Gasteiger partial charge on any atom is -0.497 e. The van der Waals surface area contributed by atoms with Gasteiger partial charge in [-0.3, -0.25) is 14.9 Å². The maximum absolute atomic E-state index is 12.4. The zero-order valence-electron chi connectivity index (χ0n) is 15.1. The molecule has 27 heavy (non-hydrogen) atoms. The first-order valence-corrected chi connectivity index (χ1v) is 8.42. The Bertz CT molecular complexity index is 805. The molecule has 0 radical (unpaired) electrons. The molecule has 0 aromatic heterocycles. The van der Waals surface area contributed by atoms with Crippen molar-refractivity contribution < 1.29 is 19.2 Å². The topological polar surface area (TPSA) is 103 Å². The van der Waals surface area contributed by atoms with Crippen LogP contribution in [0, 0.1) is 10.1 Å². The molecule has 1 atom stereocenters. The fraction of sp³-hybridized carbons (Fsp3) is 0.263. The van der Waals surface area contributed by atoms with Crippen LogP contribution in [-0.4, -0.2) is 30.3 Å². The molecule has 2 rings (SSSR count). The SMILES string of the molecule is CCCC(Oc1ccc(OC)cc1)C(=O)NN=Cc1ccccc1[N+](=O)[O-]. The fourth-order valence-corrected chi connectivity index (χ4v) is 2.32. The van der Waals surface area contributed by atoms with Crippen molar-refractivity contribution in [3.8, 4) is 11.5 Å². The van der Waals surface area contributed by atoms with Crippen molar-refractivity contribution in [1.29, 1.82) is 0 Å². The molecule has 0 fully saturated rings. The summed E-state index contributed by atoms with van der Waals surface area (Å²) in [5.74, 6) is 0.794. The number of nitro benzene ring substituents is 1. The number of hydrogen-bond donors (Lipinski definition) is 1. The maximum Gasteiger partial charge on any atom is 0.281 e. The number of para-hydroxylation sites is 1. The second-order valence-electron chi connectivity index (χ2n) is 5.62. The van der Waals surface area contributed by atoms with Gasteiger partial charge in [-0.2, -0.15) is 5.10 Å². The summed E-state index contributed by atoms with van der Waals surface area (Å²) < 4.78 is 10.8. The van der Waals surface area contributed by atoms with Crippen molar-refractivity contribution in [2.75, 3.05) is 7.11 Å². The van der Waals surface area contributed by atoms with Crippen LogP contribution in [-0.2, 0) is 4.79 Å². The Kier molecular flexibility index (Phi) is 7.30. The summed E-state index contributed by atoms with van der Waals surface area (Å²) in [5.41, 5.74) is 2.59. The number of hydrazone groups is 1. The molecule has 2 aromatic rings. The maximum atomic E-state index is 12.4. The van der Waals surface area contributed by atoms with E-state index in [4.69, 9.17) is 9.47 Å². The van der Waals surface area contributed by atoms with Gasteiger partial charge < -0.3 is 9.47 Å². The van der Waals surface area contributed by atoms with Crippen molar-refractivity contribution in [2.24, 2.45) is 5.10 Å². The summed E-state index contributed by atoms with van der Waals surface area (Å²) in [7, 11) is 1.57. The van der Waals surface area contributed by atoms with Gasteiger partial charge in [-0.25, -0.2) is 5.43 Å². The average Bonchev–Trinajstić information content (AvgIpc) is 2.68. The monoisotopic (exact) mass is 371 g/mol. The normalized spacial score (nSPS) is 11.8.